The predicted molar refractivity (Wildman–Crippen MR) is 135 cm³/mol. The molecule has 1 aliphatic carbocycles. The number of ether oxygens (including phenoxy) is 1. The minimum Gasteiger partial charge on any atom is -0.468 e. The Balaban J connectivity index is 0.000000471. The summed E-state index contributed by atoms with van der Waals surface area (Å²) in [5, 5.41) is 12.5. The van der Waals surface area contributed by atoms with Crippen LogP contribution in [0.15, 0.2) is 18.5 Å². The van der Waals surface area contributed by atoms with Gasteiger partial charge >= 0.3 is 0 Å². The first-order valence-corrected chi connectivity index (χ1v) is 12.2. The number of hydrogen-bond donors (Lipinski definition) is 3. The van der Waals surface area contributed by atoms with Gasteiger partial charge in [0.2, 0.25) is 0 Å². The van der Waals surface area contributed by atoms with E-state index >= 15 is 0 Å². The van der Waals surface area contributed by atoms with Crippen LogP contribution in [0.1, 0.15) is 48.6 Å². The second kappa shape index (κ2) is 10.6. The van der Waals surface area contributed by atoms with Crippen molar-refractivity contribution in [3.05, 3.63) is 34.5 Å². The van der Waals surface area contributed by atoms with Crippen molar-refractivity contribution in [2.75, 3.05) is 35.6 Å². The fourth-order valence-electron chi connectivity index (χ4n) is 4.45. The Morgan fingerprint density at radius 2 is 2.00 bits per heavy atom. The Labute approximate surface area is 197 Å². The second-order valence-corrected chi connectivity index (χ2v) is 9.21. The summed E-state index contributed by atoms with van der Waals surface area (Å²) in [6, 6.07) is 3.97. The zero-order valence-electron chi connectivity index (χ0n) is 18.9. The molecule has 2 aromatic heterocycles. The minimum atomic E-state index is 0.431. The van der Waals surface area contributed by atoms with Gasteiger partial charge in [-0.1, -0.05) is 0 Å². The number of nitrogen functional groups attached to an aromatic ring is 1. The maximum absolute atomic E-state index is 9.18. The fraction of sp³-hybridized carbons (Fsp3) is 0.417. The number of rotatable bonds is 6. The van der Waals surface area contributed by atoms with Crippen molar-refractivity contribution in [3.63, 3.8) is 0 Å². The number of aryl methyl sites for hydroxylation is 2. The molecule has 1 fully saturated rings. The van der Waals surface area contributed by atoms with E-state index in [1.807, 2.05) is 12.1 Å². The van der Waals surface area contributed by atoms with Crippen LogP contribution in [0.3, 0.4) is 0 Å². The van der Waals surface area contributed by atoms with Crippen molar-refractivity contribution >= 4 is 57.1 Å². The molecule has 8 nitrogen and oxygen atoms in total. The number of benzene rings is 1. The number of nitrogens with two attached hydrogens (primary N) is 1. The normalized spacial score (nSPS) is 14.9. The summed E-state index contributed by atoms with van der Waals surface area (Å²) in [5.74, 6) is 0.866. The van der Waals surface area contributed by atoms with Gasteiger partial charge in [0.25, 0.3) is 6.47 Å². The lowest BCUT2D eigenvalue weighted by Gasteiger charge is -2.23. The van der Waals surface area contributed by atoms with E-state index in [-0.39, 0.29) is 0 Å². The van der Waals surface area contributed by atoms with E-state index in [2.05, 4.69) is 24.9 Å². The molecule has 0 saturated carbocycles. The molecule has 174 valence electrons. The van der Waals surface area contributed by atoms with Crippen LogP contribution in [-0.4, -0.2) is 42.4 Å². The quantitative estimate of drug-likeness (QED) is 0.274. The highest BCUT2D eigenvalue weighted by Crippen LogP contribution is 2.41. The largest absolute Gasteiger partial charge is 0.468 e. The lowest BCUT2D eigenvalue weighted by molar-refractivity contribution is -0.128. The Hall–Kier alpha value is -3.20. The molecule has 3 heterocycles. The molecule has 1 aliphatic heterocycles. The highest BCUT2D eigenvalue weighted by Gasteiger charge is 2.22. The van der Waals surface area contributed by atoms with Crippen LogP contribution < -0.4 is 16.0 Å². The molecule has 5 rings (SSSR count). The van der Waals surface area contributed by atoms with Gasteiger partial charge in [-0.3, -0.25) is 4.79 Å². The summed E-state index contributed by atoms with van der Waals surface area (Å²) in [7, 11) is 0. The lowest BCUT2D eigenvalue weighted by atomic mass is 9.97. The molecule has 3 aromatic rings. The number of anilines is 4. The topological polar surface area (TPSA) is 117 Å². The van der Waals surface area contributed by atoms with E-state index in [0.717, 1.165) is 53.5 Å². The summed E-state index contributed by atoms with van der Waals surface area (Å²) in [4.78, 5) is 23.2. The van der Waals surface area contributed by atoms with Gasteiger partial charge in [0, 0.05) is 35.4 Å². The van der Waals surface area contributed by atoms with E-state index in [0.29, 0.717) is 18.8 Å². The van der Waals surface area contributed by atoms with Gasteiger partial charge in [0.1, 0.15) is 17.0 Å². The third kappa shape index (κ3) is 4.93. The molecular formula is C24H30N6O2S. The maximum Gasteiger partial charge on any atom is 0.293 e. The van der Waals surface area contributed by atoms with Crippen molar-refractivity contribution in [2.45, 2.75) is 45.4 Å². The summed E-state index contributed by atoms with van der Waals surface area (Å²) >= 11 is 1.81. The Kier molecular flexibility index (Phi) is 7.39. The molecule has 33 heavy (non-hydrogen) atoms. The monoisotopic (exact) mass is 466 g/mol. The van der Waals surface area contributed by atoms with Crippen molar-refractivity contribution < 1.29 is 9.53 Å². The Morgan fingerprint density at radius 1 is 1.21 bits per heavy atom. The molecule has 0 unspecified atom stereocenters. The number of aromatic nitrogens is 2. The predicted octanol–water partition coefficient (Wildman–Crippen LogP) is 4.67. The van der Waals surface area contributed by atoms with Crippen LogP contribution in [0.5, 0.6) is 0 Å². The van der Waals surface area contributed by atoms with Gasteiger partial charge in [-0.25, -0.2) is 9.97 Å². The average molecular weight is 467 g/mol. The SMILES string of the molecule is CCOC=O.N=Cc1cc(Nc2ncnc3sc4c(c23)CCCC4)c(N2CCCC2)cc1N. The molecule has 0 bridgehead atoms. The number of nitrogens with zero attached hydrogens (tertiary/aromatic N) is 3. The molecule has 9 heteroatoms. The molecular weight excluding hydrogens is 436 g/mol. The van der Waals surface area contributed by atoms with Crippen molar-refractivity contribution in [1.29, 1.82) is 5.41 Å². The van der Waals surface area contributed by atoms with E-state index in [1.54, 1.807) is 24.6 Å². The Bertz CT molecular complexity index is 1140. The molecule has 4 N–H and O–H groups in total. The van der Waals surface area contributed by atoms with Gasteiger partial charge < -0.3 is 26.1 Å². The zero-order chi connectivity index (χ0) is 23.2. The fourth-order valence-corrected chi connectivity index (χ4v) is 5.68. The number of hydrogen-bond acceptors (Lipinski definition) is 9. The number of carbonyl (C=O) groups is 1. The highest BCUT2D eigenvalue weighted by molar-refractivity contribution is 7.19. The molecule has 1 saturated heterocycles. The van der Waals surface area contributed by atoms with E-state index < -0.39 is 0 Å². The van der Waals surface area contributed by atoms with Crippen molar-refractivity contribution in [2.24, 2.45) is 0 Å². The Morgan fingerprint density at radius 3 is 2.70 bits per heavy atom. The third-order valence-electron chi connectivity index (χ3n) is 6.04. The number of thiophene rings is 1. The first kappa shape index (κ1) is 23.0. The van der Waals surface area contributed by atoms with Gasteiger partial charge in [-0.15, -0.1) is 11.3 Å². The van der Waals surface area contributed by atoms with E-state index in [1.165, 1.54) is 47.7 Å². The zero-order valence-corrected chi connectivity index (χ0v) is 19.7. The summed E-state index contributed by atoms with van der Waals surface area (Å²) < 4.78 is 4.15. The first-order valence-electron chi connectivity index (χ1n) is 11.4. The van der Waals surface area contributed by atoms with Crippen LogP contribution in [0.25, 0.3) is 10.2 Å². The summed E-state index contributed by atoms with van der Waals surface area (Å²) in [5.41, 5.74) is 11.0. The summed E-state index contributed by atoms with van der Waals surface area (Å²) in [6.07, 6.45) is 10.1. The smallest absolute Gasteiger partial charge is 0.293 e. The lowest BCUT2D eigenvalue weighted by Crippen LogP contribution is -2.19. The average Bonchev–Trinajstić information content (AvgIpc) is 3.49. The minimum absolute atomic E-state index is 0.431. The van der Waals surface area contributed by atoms with Crippen LogP contribution in [-0.2, 0) is 22.4 Å². The standard InChI is InChI=1S/C21H24N6S.C3H6O2/c22-11-13-9-16(17(10-15(13)23)27-7-3-4-8-27)26-20-19-14-5-1-2-6-18(14)28-21(19)25-12-24-20;1-2-5-3-4/h9-12,22H,1-8,23H2,(H,24,25,26);3H,2H2,1H3. The van der Waals surface area contributed by atoms with Gasteiger partial charge in [-0.2, -0.15) is 0 Å². The van der Waals surface area contributed by atoms with Gasteiger partial charge in [0.05, 0.1) is 23.4 Å². The van der Waals surface area contributed by atoms with Crippen LogP contribution >= 0.6 is 11.3 Å². The highest BCUT2D eigenvalue weighted by atomic mass is 32.1. The molecule has 2 aliphatic rings. The van der Waals surface area contributed by atoms with Crippen LogP contribution in [0.2, 0.25) is 0 Å². The molecule has 0 radical (unpaired) electrons. The van der Waals surface area contributed by atoms with E-state index in [9.17, 15) is 4.79 Å². The second-order valence-electron chi connectivity index (χ2n) is 8.13. The van der Waals surface area contributed by atoms with Gasteiger partial charge in [0.15, 0.2) is 0 Å². The number of nitrogens with one attached hydrogen (secondary N) is 2. The summed E-state index contributed by atoms with van der Waals surface area (Å²) in [6.45, 7) is 4.73. The molecule has 0 amide bonds. The van der Waals surface area contributed by atoms with Crippen molar-refractivity contribution in [1.82, 2.24) is 9.97 Å². The number of carbonyl (C=O) groups excluding carboxylic acids is 1. The van der Waals surface area contributed by atoms with E-state index in [4.69, 9.17) is 11.1 Å². The molecule has 0 atom stereocenters. The van der Waals surface area contributed by atoms with Crippen LogP contribution in [0.4, 0.5) is 22.9 Å². The molecule has 0 spiro atoms. The van der Waals surface area contributed by atoms with Crippen molar-refractivity contribution in [3.8, 4) is 0 Å². The maximum atomic E-state index is 9.18. The van der Waals surface area contributed by atoms with Crippen LogP contribution in [0, 0.1) is 5.41 Å². The number of fused-ring (bicyclic) bond motifs is 3. The van der Waals surface area contributed by atoms with Gasteiger partial charge in [-0.05, 0) is 63.1 Å². The third-order valence-corrected chi connectivity index (χ3v) is 7.24. The first-order chi connectivity index (χ1) is 16.2. The molecule has 1 aromatic carbocycles.